The van der Waals surface area contributed by atoms with E-state index in [1.165, 1.54) is 12.1 Å². The van der Waals surface area contributed by atoms with Crippen LogP contribution in [0, 0.1) is 10.1 Å². The fraction of sp³-hybridized carbons (Fsp3) is 0.200. The summed E-state index contributed by atoms with van der Waals surface area (Å²) < 4.78 is 6.94. The van der Waals surface area contributed by atoms with Gasteiger partial charge in [-0.05, 0) is 19.1 Å². The fourth-order valence-corrected chi connectivity index (χ4v) is 4.53. The zero-order valence-electron chi connectivity index (χ0n) is 18.8. The highest BCUT2D eigenvalue weighted by Crippen LogP contribution is 2.39. The number of amides is 2. The van der Waals surface area contributed by atoms with Crippen molar-refractivity contribution >= 4 is 50.5 Å². The molecule has 1 aliphatic heterocycles. The van der Waals surface area contributed by atoms with Gasteiger partial charge in [-0.15, -0.1) is 0 Å². The largest absolute Gasteiger partial charge is 0.389 e. The van der Waals surface area contributed by atoms with Crippen molar-refractivity contribution in [3.05, 3.63) is 76.1 Å². The fourth-order valence-electron chi connectivity index (χ4n) is 4.53. The zero-order valence-corrected chi connectivity index (χ0v) is 18.8. The molecule has 3 heterocycles. The van der Waals surface area contributed by atoms with Gasteiger partial charge in [0, 0.05) is 58.5 Å². The van der Waals surface area contributed by atoms with Gasteiger partial charge >= 0.3 is 0 Å². The van der Waals surface area contributed by atoms with E-state index >= 15 is 0 Å². The lowest BCUT2D eigenvalue weighted by Crippen LogP contribution is -2.22. The Bertz CT molecular complexity index is 1530. The molecule has 2 aromatic heterocycles. The van der Waals surface area contributed by atoms with Crippen LogP contribution in [0.4, 0.5) is 5.69 Å². The van der Waals surface area contributed by atoms with Gasteiger partial charge in [-0.1, -0.05) is 18.2 Å². The van der Waals surface area contributed by atoms with Gasteiger partial charge in [-0.3, -0.25) is 25.0 Å². The standard InChI is InChI=1S/C25H22N4O6/c1-2-35-13-15(30)11-28-12-19(17-8-7-14(29(33)34)9-21(17)28)23-22(24(31)27-25(23)32)18-10-26-20-6-4-3-5-16(18)20/h3-10,12,15,26,30H,2,11,13H2,1H3,(H,27,31,32). The van der Waals surface area contributed by atoms with Crippen molar-refractivity contribution in [2.24, 2.45) is 0 Å². The van der Waals surface area contributed by atoms with Crippen LogP contribution in [0.2, 0.25) is 0 Å². The van der Waals surface area contributed by atoms with E-state index in [4.69, 9.17) is 4.74 Å². The molecule has 0 bridgehead atoms. The van der Waals surface area contributed by atoms with Crippen LogP contribution in [-0.4, -0.2) is 50.7 Å². The molecule has 0 radical (unpaired) electrons. The average molecular weight is 474 g/mol. The Kier molecular flexibility index (Phi) is 5.67. The summed E-state index contributed by atoms with van der Waals surface area (Å²) in [6.45, 7) is 2.42. The van der Waals surface area contributed by atoms with Crippen molar-refractivity contribution in [1.29, 1.82) is 0 Å². The topological polar surface area (TPSA) is 139 Å². The molecule has 178 valence electrons. The number of para-hydroxylation sites is 1. The van der Waals surface area contributed by atoms with Gasteiger partial charge in [0.2, 0.25) is 0 Å². The van der Waals surface area contributed by atoms with Crippen LogP contribution in [0.3, 0.4) is 0 Å². The quantitative estimate of drug-likeness (QED) is 0.204. The number of nitro groups is 1. The molecule has 2 amide bonds. The predicted molar refractivity (Wildman–Crippen MR) is 129 cm³/mol. The molecular weight excluding hydrogens is 452 g/mol. The molecule has 1 unspecified atom stereocenters. The first-order chi connectivity index (χ1) is 16.9. The Hall–Kier alpha value is -4.28. The summed E-state index contributed by atoms with van der Waals surface area (Å²) in [7, 11) is 0. The Morgan fingerprint density at radius 3 is 2.57 bits per heavy atom. The van der Waals surface area contributed by atoms with E-state index in [0.717, 1.165) is 10.9 Å². The van der Waals surface area contributed by atoms with Crippen LogP contribution < -0.4 is 5.32 Å². The van der Waals surface area contributed by atoms with E-state index in [0.29, 0.717) is 28.6 Å². The molecule has 0 aliphatic carbocycles. The third-order valence-corrected chi connectivity index (χ3v) is 6.06. The Balaban J connectivity index is 1.73. The number of rotatable bonds is 8. The molecule has 0 saturated carbocycles. The smallest absolute Gasteiger partial charge is 0.271 e. The number of imide groups is 1. The predicted octanol–water partition coefficient (Wildman–Crippen LogP) is 3.00. The molecule has 1 aliphatic rings. The van der Waals surface area contributed by atoms with Gasteiger partial charge in [0.15, 0.2) is 0 Å². The number of non-ortho nitro benzene ring substituents is 1. The van der Waals surface area contributed by atoms with Crippen molar-refractivity contribution < 1.29 is 24.4 Å². The SMILES string of the molecule is CCOCC(O)Cn1cc(C2=C(c3c[nH]c4ccccc34)C(=O)NC2=O)c2ccc([N+](=O)[O-])cc21. The molecule has 4 aromatic rings. The number of aromatic amines is 1. The maximum atomic E-state index is 13.0. The third-order valence-electron chi connectivity index (χ3n) is 6.06. The number of ether oxygens (including phenoxy) is 1. The van der Waals surface area contributed by atoms with Gasteiger partial charge < -0.3 is 19.4 Å². The first-order valence-corrected chi connectivity index (χ1v) is 11.1. The summed E-state index contributed by atoms with van der Waals surface area (Å²) in [6, 6.07) is 11.8. The highest BCUT2D eigenvalue weighted by atomic mass is 16.6. The molecule has 0 saturated heterocycles. The maximum Gasteiger partial charge on any atom is 0.271 e. The Labute approximate surface area is 199 Å². The van der Waals surface area contributed by atoms with E-state index in [-0.39, 0.29) is 30.0 Å². The van der Waals surface area contributed by atoms with E-state index in [9.17, 15) is 24.8 Å². The van der Waals surface area contributed by atoms with Crippen LogP contribution in [0.5, 0.6) is 0 Å². The summed E-state index contributed by atoms with van der Waals surface area (Å²) >= 11 is 0. The van der Waals surface area contributed by atoms with Gasteiger partial charge in [-0.2, -0.15) is 0 Å². The lowest BCUT2D eigenvalue weighted by Gasteiger charge is -2.12. The molecule has 0 spiro atoms. The number of nitrogens with zero attached hydrogens (tertiary/aromatic N) is 2. The minimum atomic E-state index is -0.876. The van der Waals surface area contributed by atoms with Crippen LogP contribution in [0.15, 0.2) is 54.9 Å². The number of aromatic nitrogens is 2. The number of hydrogen-bond donors (Lipinski definition) is 3. The highest BCUT2D eigenvalue weighted by Gasteiger charge is 2.35. The third kappa shape index (κ3) is 3.88. The number of nitro benzene ring substituents is 1. The average Bonchev–Trinajstić information content (AvgIpc) is 3.50. The number of aliphatic hydroxyl groups excluding tert-OH is 1. The van der Waals surface area contributed by atoms with E-state index in [1.54, 1.807) is 23.0 Å². The summed E-state index contributed by atoms with van der Waals surface area (Å²) in [5, 5.41) is 25.6. The van der Waals surface area contributed by atoms with Gasteiger partial charge in [0.05, 0.1) is 40.8 Å². The first kappa shape index (κ1) is 22.5. The van der Waals surface area contributed by atoms with Crippen LogP contribution >= 0.6 is 0 Å². The molecule has 10 heteroatoms. The zero-order chi connectivity index (χ0) is 24.7. The normalized spacial score (nSPS) is 14.8. The van der Waals surface area contributed by atoms with Crippen molar-refractivity contribution in [3.63, 3.8) is 0 Å². The second-order valence-corrected chi connectivity index (χ2v) is 8.25. The second-order valence-electron chi connectivity index (χ2n) is 8.25. The van der Waals surface area contributed by atoms with Gasteiger partial charge in [0.25, 0.3) is 17.5 Å². The number of carbonyl (C=O) groups is 2. The number of benzene rings is 2. The van der Waals surface area contributed by atoms with E-state index in [1.807, 2.05) is 31.2 Å². The van der Waals surface area contributed by atoms with Crippen LogP contribution in [-0.2, 0) is 20.9 Å². The second kappa shape index (κ2) is 8.82. The van der Waals surface area contributed by atoms with Crippen molar-refractivity contribution in [2.75, 3.05) is 13.2 Å². The minimum Gasteiger partial charge on any atom is -0.389 e. The monoisotopic (exact) mass is 474 g/mol. The number of aliphatic hydroxyl groups is 1. The molecule has 1 atom stereocenters. The maximum absolute atomic E-state index is 13.0. The number of H-pyrrole nitrogens is 1. The summed E-state index contributed by atoms with van der Waals surface area (Å²) in [4.78, 5) is 40.0. The minimum absolute atomic E-state index is 0.0860. The number of carbonyl (C=O) groups excluding carboxylic acids is 2. The van der Waals surface area contributed by atoms with E-state index in [2.05, 4.69) is 10.3 Å². The highest BCUT2D eigenvalue weighted by molar-refractivity contribution is 6.50. The van der Waals surface area contributed by atoms with Crippen molar-refractivity contribution in [3.8, 4) is 0 Å². The van der Waals surface area contributed by atoms with E-state index < -0.39 is 22.8 Å². The van der Waals surface area contributed by atoms with Crippen molar-refractivity contribution in [1.82, 2.24) is 14.9 Å². The number of hydrogen-bond acceptors (Lipinski definition) is 6. The lowest BCUT2D eigenvalue weighted by molar-refractivity contribution is -0.384. The molecular formula is C25H22N4O6. The molecule has 10 nitrogen and oxygen atoms in total. The molecule has 3 N–H and O–H groups in total. The number of fused-ring (bicyclic) bond motifs is 2. The number of nitrogens with one attached hydrogen (secondary N) is 2. The summed E-state index contributed by atoms with van der Waals surface area (Å²) in [6.07, 6.45) is 2.46. The Morgan fingerprint density at radius 1 is 1.09 bits per heavy atom. The van der Waals surface area contributed by atoms with Crippen LogP contribution in [0.25, 0.3) is 33.0 Å². The lowest BCUT2D eigenvalue weighted by atomic mass is 9.95. The molecule has 0 fully saturated rings. The summed E-state index contributed by atoms with van der Waals surface area (Å²) in [5.41, 5.74) is 2.58. The van der Waals surface area contributed by atoms with Gasteiger partial charge in [-0.25, -0.2) is 0 Å². The molecule has 35 heavy (non-hydrogen) atoms. The molecule has 2 aromatic carbocycles. The summed E-state index contributed by atoms with van der Waals surface area (Å²) in [5.74, 6) is -1.07. The van der Waals surface area contributed by atoms with Crippen molar-refractivity contribution in [2.45, 2.75) is 19.6 Å². The molecule has 5 rings (SSSR count). The van der Waals surface area contributed by atoms with Crippen LogP contribution in [0.1, 0.15) is 18.1 Å². The first-order valence-electron chi connectivity index (χ1n) is 11.1. The van der Waals surface area contributed by atoms with Gasteiger partial charge in [0.1, 0.15) is 0 Å². The Morgan fingerprint density at radius 2 is 1.83 bits per heavy atom.